The zero-order valence-electron chi connectivity index (χ0n) is 15.6. The Hall–Kier alpha value is -3.18. The Morgan fingerprint density at radius 1 is 1.04 bits per heavy atom. The van der Waals surface area contributed by atoms with Crippen molar-refractivity contribution in [2.24, 2.45) is 0 Å². The van der Waals surface area contributed by atoms with Crippen molar-refractivity contribution in [2.75, 3.05) is 6.61 Å². The first-order valence-corrected chi connectivity index (χ1v) is 9.80. The number of esters is 1. The van der Waals surface area contributed by atoms with Gasteiger partial charge in [0.1, 0.15) is 0 Å². The van der Waals surface area contributed by atoms with Crippen LogP contribution >= 0.6 is 11.3 Å². The number of hydrogen-bond acceptors (Lipinski definition) is 4. The molecule has 3 rings (SSSR count). The Morgan fingerprint density at radius 2 is 1.86 bits per heavy atom. The second-order valence-electron chi connectivity index (χ2n) is 6.29. The summed E-state index contributed by atoms with van der Waals surface area (Å²) in [6.07, 6.45) is 1.79. The summed E-state index contributed by atoms with van der Waals surface area (Å²) in [5.41, 5.74) is 3.44. The number of amides is 1. The Morgan fingerprint density at radius 3 is 2.57 bits per heavy atom. The van der Waals surface area contributed by atoms with E-state index >= 15 is 0 Å². The first-order valence-electron chi connectivity index (χ1n) is 8.92. The molecule has 0 spiro atoms. The summed E-state index contributed by atoms with van der Waals surface area (Å²) in [6, 6.07) is 21.2. The van der Waals surface area contributed by atoms with E-state index in [0.29, 0.717) is 12.1 Å². The average molecular weight is 391 g/mol. The Bertz CT molecular complexity index is 963. The lowest BCUT2D eigenvalue weighted by Gasteiger charge is -2.09. The first-order chi connectivity index (χ1) is 13.6. The highest BCUT2D eigenvalue weighted by atomic mass is 32.1. The third-order valence-corrected chi connectivity index (χ3v) is 4.93. The SMILES string of the molecule is Cc1cccc(/C=C(/C(=O)OCC(=O)NCc2ccccc2)c2cccs2)c1. The normalized spacial score (nSPS) is 11.1. The van der Waals surface area contributed by atoms with Gasteiger partial charge in [0.2, 0.25) is 0 Å². The molecule has 0 saturated heterocycles. The summed E-state index contributed by atoms with van der Waals surface area (Å²) in [5, 5.41) is 4.65. The molecular weight excluding hydrogens is 370 g/mol. The molecule has 1 heterocycles. The fourth-order valence-corrected chi connectivity index (χ4v) is 3.38. The largest absolute Gasteiger partial charge is 0.452 e. The van der Waals surface area contributed by atoms with Crippen molar-refractivity contribution in [1.82, 2.24) is 5.32 Å². The van der Waals surface area contributed by atoms with Crippen LogP contribution in [0.3, 0.4) is 0 Å². The van der Waals surface area contributed by atoms with Crippen LogP contribution in [0.5, 0.6) is 0 Å². The smallest absolute Gasteiger partial charge is 0.340 e. The molecule has 28 heavy (non-hydrogen) atoms. The van der Waals surface area contributed by atoms with Crippen LogP contribution in [0, 0.1) is 6.92 Å². The Labute approximate surface area is 168 Å². The lowest BCUT2D eigenvalue weighted by Crippen LogP contribution is -2.28. The lowest BCUT2D eigenvalue weighted by atomic mass is 10.1. The van der Waals surface area contributed by atoms with E-state index in [4.69, 9.17) is 4.74 Å². The van der Waals surface area contributed by atoms with Crippen LogP contribution < -0.4 is 5.32 Å². The molecule has 0 radical (unpaired) electrons. The predicted molar refractivity (Wildman–Crippen MR) is 113 cm³/mol. The maximum absolute atomic E-state index is 12.6. The Kier molecular flexibility index (Phi) is 6.76. The molecule has 1 aromatic heterocycles. The van der Waals surface area contributed by atoms with Gasteiger partial charge < -0.3 is 10.1 Å². The van der Waals surface area contributed by atoms with E-state index in [1.807, 2.05) is 79.0 Å². The molecular formula is C23H21NO3S. The predicted octanol–water partition coefficient (Wildman–Crippen LogP) is 4.46. The number of thiophene rings is 1. The summed E-state index contributed by atoms with van der Waals surface area (Å²) >= 11 is 1.45. The molecule has 1 amide bonds. The number of nitrogens with one attached hydrogen (secondary N) is 1. The fourth-order valence-electron chi connectivity index (χ4n) is 2.65. The molecule has 0 aliphatic heterocycles. The van der Waals surface area contributed by atoms with Crippen molar-refractivity contribution >= 4 is 34.9 Å². The van der Waals surface area contributed by atoms with E-state index in [9.17, 15) is 9.59 Å². The van der Waals surface area contributed by atoms with Crippen molar-refractivity contribution in [3.63, 3.8) is 0 Å². The molecule has 5 heteroatoms. The van der Waals surface area contributed by atoms with Crippen LogP contribution in [-0.4, -0.2) is 18.5 Å². The van der Waals surface area contributed by atoms with Crippen molar-refractivity contribution < 1.29 is 14.3 Å². The van der Waals surface area contributed by atoms with Crippen LogP contribution in [0.4, 0.5) is 0 Å². The molecule has 3 aromatic rings. The van der Waals surface area contributed by atoms with Crippen molar-refractivity contribution in [1.29, 1.82) is 0 Å². The van der Waals surface area contributed by atoms with E-state index in [1.54, 1.807) is 6.08 Å². The molecule has 0 saturated carbocycles. The first kappa shape index (κ1) is 19.6. The van der Waals surface area contributed by atoms with Crippen molar-refractivity contribution in [3.8, 4) is 0 Å². The van der Waals surface area contributed by atoms with E-state index < -0.39 is 5.97 Å². The third-order valence-electron chi connectivity index (χ3n) is 4.03. The molecule has 142 valence electrons. The van der Waals surface area contributed by atoms with Gasteiger partial charge in [-0.05, 0) is 35.6 Å². The molecule has 0 aliphatic carbocycles. The van der Waals surface area contributed by atoms with Crippen LogP contribution in [0.1, 0.15) is 21.6 Å². The maximum Gasteiger partial charge on any atom is 0.340 e. The van der Waals surface area contributed by atoms with E-state index in [0.717, 1.165) is 21.6 Å². The van der Waals surface area contributed by atoms with E-state index in [2.05, 4.69) is 5.32 Å². The monoisotopic (exact) mass is 391 g/mol. The van der Waals surface area contributed by atoms with Gasteiger partial charge in [0, 0.05) is 11.4 Å². The van der Waals surface area contributed by atoms with Gasteiger partial charge in [0.15, 0.2) is 6.61 Å². The second-order valence-corrected chi connectivity index (χ2v) is 7.24. The minimum atomic E-state index is -0.515. The number of hydrogen-bond donors (Lipinski definition) is 1. The molecule has 0 bridgehead atoms. The molecule has 2 aromatic carbocycles. The lowest BCUT2D eigenvalue weighted by molar-refractivity contribution is -0.142. The van der Waals surface area contributed by atoms with Gasteiger partial charge in [-0.25, -0.2) is 4.79 Å². The summed E-state index contributed by atoms with van der Waals surface area (Å²) < 4.78 is 5.27. The number of ether oxygens (including phenoxy) is 1. The standard InChI is InChI=1S/C23H21NO3S/c1-17-7-5-10-19(13-17)14-20(21-11-6-12-28-21)23(26)27-16-22(25)24-15-18-8-3-2-4-9-18/h2-14H,15-16H2,1H3,(H,24,25)/b20-14+. The third kappa shape index (κ3) is 5.66. The van der Waals surface area contributed by atoms with Gasteiger partial charge in [-0.1, -0.05) is 66.2 Å². The highest BCUT2D eigenvalue weighted by Crippen LogP contribution is 2.24. The van der Waals surface area contributed by atoms with Crippen molar-refractivity contribution in [2.45, 2.75) is 13.5 Å². The molecule has 0 unspecified atom stereocenters. The fraction of sp³-hybridized carbons (Fsp3) is 0.130. The van der Waals surface area contributed by atoms with Gasteiger partial charge in [-0.3, -0.25) is 4.79 Å². The zero-order chi connectivity index (χ0) is 19.8. The van der Waals surface area contributed by atoms with Gasteiger partial charge in [-0.2, -0.15) is 0 Å². The van der Waals surface area contributed by atoms with Crippen LogP contribution in [0.25, 0.3) is 11.6 Å². The highest BCUT2D eigenvalue weighted by Gasteiger charge is 2.16. The minimum absolute atomic E-state index is 0.317. The van der Waals surface area contributed by atoms with Crippen molar-refractivity contribution in [3.05, 3.63) is 93.7 Å². The van der Waals surface area contributed by atoms with E-state index in [1.165, 1.54) is 11.3 Å². The number of rotatable bonds is 7. The second kappa shape index (κ2) is 9.67. The van der Waals surface area contributed by atoms with Crippen LogP contribution in [0.15, 0.2) is 72.1 Å². The van der Waals surface area contributed by atoms with E-state index in [-0.39, 0.29) is 12.5 Å². The molecule has 0 fully saturated rings. The molecule has 1 N–H and O–H groups in total. The Balaban J connectivity index is 1.64. The topological polar surface area (TPSA) is 55.4 Å². The number of carbonyl (C=O) groups is 2. The molecule has 4 nitrogen and oxygen atoms in total. The molecule has 0 aliphatic rings. The van der Waals surface area contributed by atoms with Gasteiger partial charge in [-0.15, -0.1) is 11.3 Å². The quantitative estimate of drug-likeness (QED) is 0.478. The zero-order valence-corrected chi connectivity index (χ0v) is 16.4. The highest BCUT2D eigenvalue weighted by molar-refractivity contribution is 7.11. The average Bonchev–Trinajstić information content (AvgIpc) is 3.24. The van der Waals surface area contributed by atoms with Crippen LogP contribution in [-0.2, 0) is 20.9 Å². The summed E-state index contributed by atoms with van der Waals surface area (Å²) in [4.78, 5) is 25.5. The minimum Gasteiger partial charge on any atom is -0.452 e. The van der Waals surface area contributed by atoms with Gasteiger partial charge in [0.25, 0.3) is 5.91 Å². The van der Waals surface area contributed by atoms with Crippen LogP contribution in [0.2, 0.25) is 0 Å². The number of benzene rings is 2. The molecule has 0 atom stereocenters. The summed E-state index contributed by atoms with van der Waals surface area (Å²) in [5.74, 6) is -0.850. The summed E-state index contributed by atoms with van der Waals surface area (Å²) in [6.45, 7) is 2.08. The summed E-state index contributed by atoms with van der Waals surface area (Å²) in [7, 11) is 0. The van der Waals surface area contributed by atoms with Gasteiger partial charge >= 0.3 is 5.97 Å². The number of aryl methyl sites for hydroxylation is 1. The maximum atomic E-state index is 12.6. The number of carbonyl (C=O) groups excluding carboxylic acids is 2. The van der Waals surface area contributed by atoms with Gasteiger partial charge in [0.05, 0.1) is 5.57 Å².